The summed E-state index contributed by atoms with van der Waals surface area (Å²) in [5.74, 6) is 0. The Hall–Kier alpha value is -0.120. The molecule has 1 saturated heterocycles. The third-order valence-corrected chi connectivity index (χ3v) is 3.64. The number of methoxy groups -OCH3 is 1. The third kappa shape index (κ3) is 2.27. The van der Waals surface area contributed by atoms with Gasteiger partial charge >= 0.3 is 0 Å². The number of hydrogen-bond donors (Lipinski definition) is 1. The lowest BCUT2D eigenvalue weighted by atomic mass is 9.92. The Kier molecular flexibility index (Phi) is 3.42. The van der Waals surface area contributed by atoms with Crippen LogP contribution in [-0.2, 0) is 4.74 Å². The van der Waals surface area contributed by atoms with E-state index in [1.165, 1.54) is 19.3 Å². The zero-order valence-electron chi connectivity index (χ0n) is 8.98. The summed E-state index contributed by atoms with van der Waals surface area (Å²) in [5, 5.41) is 9.48. The number of aliphatic hydroxyl groups excluding tert-OH is 1. The van der Waals surface area contributed by atoms with Gasteiger partial charge in [-0.1, -0.05) is 0 Å². The lowest BCUT2D eigenvalue weighted by Gasteiger charge is -2.34. The maximum absolute atomic E-state index is 9.48. The van der Waals surface area contributed by atoms with Gasteiger partial charge in [0, 0.05) is 26.2 Å². The monoisotopic (exact) mass is 199 g/mol. The second kappa shape index (κ2) is 4.60. The molecular weight excluding hydrogens is 178 g/mol. The Morgan fingerprint density at radius 2 is 2.14 bits per heavy atom. The first-order chi connectivity index (χ1) is 6.79. The Bertz CT molecular complexity index is 186. The van der Waals surface area contributed by atoms with E-state index >= 15 is 0 Å². The van der Waals surface area contributed by atoms with Crippen molar-refractivity contribution < 1.29 is 9.84 Å². The van der Waals surface area contributed by atoms with Gasteiger partial charge in [-0.05, 0) is 32.1 Å². The summed E-state index contributed by atoms with van der Waals surface area (Å²) in [6.45, 7) is 1.95. The van der Waals surface area contributed by atoms with Crippen LogP contribution in [0.3, 0.4) is 0 Å². The summed E-state index contributed by atoms with van der Waals surface area (Å²) in [4.78, 5) is 2.44. The molecule has 2 fully saturated rings. The molecule has 0 amide bonds. The predicted octanol–water partition coefficient (Wildman–Crippen LogP) is 1.01. The summed E-state index contributed by atoms with van der Waals surface area (Å²) < 4.78 is 5.42. The minimum absolute atomic E-state index is 0.0853. The van der Waals surface area contributed by atoms with Gasteiger partial charge in [0.05, 0.1) is 12.2 Å². The summed E-state index contributed by atoms with van der Waals surface area (Å²) >= 11 is 0. The van der Waals surface area contributed by atoms with Crippen molar-refractivity contribution in [2.45, 2.75) is 50.4 Å². The highest BCUT2D eigenvalue weighted by Crippen LogP contribution is 2.27. The maximum atomic E-state index is 9.48. The van der Waals surface area contributed by atoms with Crippen molar-refractivity contribution in [2.75, 3.05) is 20.2 Å². The fraction of sp³-hybridized carbons (Fsp3) is 1.00. The molecule has 1 heterocycles. The van der Waals surface area contributed by atoms with Crippen molar-refractivity contribution in [2.24, 2.45) is 0 Å². The van der Waals surface area contributed by atoms with Crippen LogP contribution in [0.25, 0.3) is 0 Å². The number of rotatable bonds is 2. The minimum atomic E-state index is -0.0853. The molecule has 3 nitrogen and oxygen atoms in total. The van der Waals surface area contributed by atoms with Crippen LogP contribution in [-0.4, -0.2) is 48.5 Å². The van der Waals surface area contributed by atoms with Crippen molar-refractivity contribution in [3.05, 3.63) is 0 Å². The smallest absolute Gasteiger partial charge is 0.0679 e. The molecule has 0 radical (unpaired) electrons. The SMILES string of the molecule is COC1CCCC(N2CC[C@H](O)C2)C1. The topological polar surface area (TPSA) is 32.7 Å². The molecule has 0 aromatic carbocycles. The van der Waals surface area contributed by atoms with Gasteiger partial charge in [-0.3, -0.25) is 4.90 Å². The molecule has 14 heavy (non-hydrogen) atoms. The Balaban J connectivity index is 1.84. The van der Waals surface area contributed by atoms with Gasteiger partial charge in [-0.25, -0.2) is 0 Å². The van der Waals surface area contributed by atoms with Crippen LogP contribution in [0.5, 0.6) is 0 Å². The summed E-state index contributed by atoms with van der Waals surface area (Å²) in [5.41, 5.74) is 0. The fourth-order valence-electron chi connectivity index (χ4n) is 2.77. The maximum Gasteiger partial charge on any atom is 0.0679 e. The molecule has 1 aliphatic heterocycles. The summed E-state index contributed by atoms with van der Waals surface area (Å²) in [6, 6.07) is 0.658. The first kappa shape index (κ1) is 10.4. The van der Waals surface area contributed by atoms with Crippen molar-refractivity contribution in [1.29, 1.82) is 0 Å². The first-order valence-corrected chi connectivity index (χ1v) is 5.74. The van der Waals surface area contributed by atoms with Crippen LogP contribution in [0, 0.1) is 0 Å². The molecule has 0 aromatic rings. The van der Waals surface area contributed by atoms with Gasteiger partial charge < -0.3 is 9.84 Å². The number of hydrogen-bond acceptors (Lipinski definition) is 3. The normalized spacial score (nSPS) is 40.3. The number of likely N-dealkylation sites (tertiary alicyclic amines) is 1. The molecule has 3 atom stereocenters. The number of β-amino-alcohol motifs (C(OH)–C–C–N with tert-alkyl or cyclic N) is 1. The Morgan fingerprint density at radius 3 is 2.79 bits per heavy atom. The molecule has 82 valence electrons. The molecular formula is C11H21NO2. The highest BCUT2D eigenvalue weighted by Gasteiger charge is 2.30. The molecule has 0 aromatic heterocycles. The second-order valence-corrected chi connectivity index (χ2v) is 4.62. The molecule has 0 bridgehead atoms. The standard InChI is InChI=1S/C11H21NO2/c1-14-11-4-2-3-9(7-11)12-6-5-10(13)8-12/h9-11,13H,2-8H2,1H3/t9?,10-,11?/m0/s1. The van der Waals surface area contributed by atoms with E-state index in [1.807, 2.05) is 7.11 Å². The van der Waals surface area contributed by atoms with E-state index in [-0.39, 0.29) is 6.10 Å². The van der Waals surface area contributed by atoms with Crippen molar-refractivity contribution in [3.63, 3.8) is 0 Å². The average Bonchev–Trinajstić information content (AvgIpc) is 2.65. The van der Waals surface area contributed by atoms with Gasteiger partial charge in [-0.2, -0.15) is 0 Å². The third-order valence-electron chi connectivity index (χ3n) is 3.64. The van der Waals surface area contributed by atoms with Gasteiger partial charge in [0.2, 0.25) is 0 Å². The van der Waals surface area contributed by atoms with E-state index in [0.29, 0.717) is 12.1 Å². The van der Waals surface area contributed by atoms with Crippen LogP contribution in [0.15, 0.2) is 0 Å². The van der Waals surface area contributed by atoms with Gasteiger partial charge in [-0.15, -0.1) is 0 Å². The highest BCUT2D eigenvalue weighted by molar-refractivity contribution is 4.85. The molecule has 1 saturated carbocycles. The predicted molar refractivity (Wildman–Crippen MR) is 55.2 cm³/mol. The van der Waals surface area contributed by atoms with Crippen LogP contribution >= 0.6 is 0 Å². The molecule has 2 rings (SSSR count). The number of aliphatic hydroxyl groups is 1. The summed E-state index contributed by atoms with van der Waals surface area (Å²) in [6.07, 6.45) is 6.24. The van der Waals surface area contributed by atoms with Crippen LogP contribution in [0.1, 0.15) is 32.1 Å². The van der Waals surface area contributed by atoms with Crippen LogP contribution in [0.2, 0.25) is 0 Å². The molecule has 1 aliphatic carbocycles. The Morgan fingerprint density at radius 1 is 1.29 bits per heavy atom. The number of nitrogens with zero attached hydrogens (tertiary/aromatic N) is 1. The highest BCUT2D eigenvalue weighted by atomic mass is 16.5. The van der Waals surface area contributed by atoms with E-state index in [9.17, 15) is 5.11 Å². The first-order valence-electron chi connectivity index (χ1n) is 5.74. The molecule has 0 spiro atoms. The summed E-state index contributed by atoms with van der Waals surface area (Å²) in [7, 11) is 1.81. The van der Waals surface area contributed by atoms with E-state index in [0.717, 1.165) is 25.9 Å². The largest absolute Gasteiger partial charge is 0.392 e. The molecule has 3 heteroatoms. The lowest BCUT2D eigenvalue weighted by Crippen LogP contribution is -2.39. The van der Waals surface area contributed by atoms with Crippen LogP contribution in [0.4, 0.5) is 0 Å². The van der Waals surface area contributed by atoms with E-state index in [4.69, 9.17) is 4.74 Å². The lowest BCUT2D eigenvalue weighted by molar-refractivity contribution is 0.0307. The molecule has 1 N–H and O–H groups in total. The van der Waals surface area contributed by atoms with Crippen molar-refractivity contribution in [3.8, 4) is 0 Å². The van der Waals surface area contributed by atoms with E-state index in [2.05, 4.69) is 4.90 Å². The van der Waals surface area contributed by atoms with Gasteiger partial charge in [0.1, 0.15) is 0 Å². The van der Waals surface area contributed by atoms with Crippen LogP contribution < -0.4 is 0 Å². The fourth-order valence-corrected chi connectivity index (χ4v) is 2.77. The van der Waals surface area contributed by atoms with E-state index in [1.54, 1.807) is 0 Å². The average molecular weight is 199 g/mol. The van der Waals surface area contributed by atoms with E-state index < -0.39 is 0 Å². The van der Waals surface area contributed by atoms with Gasteiger partial charge in [0.25, 0.3) is 0 Å². The quantitative estimate of drug-likeness (QED) is 0.720. The zero-order chi connectivity index (χ0) is 9.97. The Labute approximate surface area is 86.0 Å². The van der Waals surface area contributed by atoms with Crippen molar-refractivity contribution >= 4 is 0 Å². The number of ether oxygens (including phenoxy) is 1. The van der Waals surface area contributed by atoms with Crippen molar-refractivity contribution in [1.82, 2.24) is 4.90 Å². The molecule has 2 unspecified atom stereocenters. The zero-order valence-corrected chi connectivity index (χ0v) is 8.98. The second-order valence-electron chi connectivity index (χ2n) is 4.62. The minimum Gasteiger partial charge on any atom is -0.392 e. The molecule has 2 aliphatic rings. The van der Waals surface area contributed by atoms with Gasteiger partial charge in [0.15, 0.2) is 0 Å².